The zero-order valence-corrected chi connectivity index (χ0v) is 17.6. The summed E-state index contributed by atoms with van der Waals surface area (Å²) in [4.78, 5) is 15.5. The van der Waals surface area contributed by atoms with E-state index in [1.54, 1.807) is 4.90 Å². The Morgan fingerprint density at radius 2 is 1.33 bits per heavy atom. The van der Waals surface area contributed by atoms with E-state index in [1.807, 2.05) is 31.2 Å². The molecule has 1 amide bonds. The third kappa shape index (κ3) is 4.96. The number of carbonyl (C=O) groups is 1. The van der Waals surface area contributed by atoms with Gasteiger partial charge in [-0.15, -0.1) is 0 Å². The number of quaternary nitrogens is 2. The third-order valence-electron chi connectivity index (χ3n) is 6.10. The molecule has 0 aromatic heterocycles. The number of rotatable bonds is 6. The first-order valence-corrected chi connectivity index (χ1v) is 10.8. The summed E-state index contributed by atoms with van der Waals surface area (Å²) in [7, 11) is 0. The lowest BCUT2D eigenvalue weighted by Crippen LogP contribution is -3.28. The maximum absolute atomic E-state index is 12.6. The van der Waals surface area contributed by atoms with Crippen molar-refractivity contribution in [3.8, 4) is 0 Å². The van der Waals surface area contributed by atoms with Crippen LogP contribution in [-0.2, 0) is 4.79 Å². The molecule has 0 saturated carbocycles. The van der Waals surface area contributed by atoms with Crippen molar-refractivity contribution in [1.29, 1.82) is 0 Å². The molecule has 3 aromatic carbocycles. The van der Waals surface area contributed by atoms with Crippen molar-refractivity contribution < 1.29 is 14.6 Å². The number of carbonyl (C=O) groups excluding carboxylic acids is 1. The van der Waals surface area contributed by atoms with E-state index in [0.29, 0.717) is 12.6 Å². The van der Waals surface area contributed by atoms with Crippen molar-refractivity contribution in [2.45, 2.75) is 13.0 Å². The fraction of sp³-hybridized carbons (Fsp3) is 0.269. The number of aryl methyl sites for hydroxylation is 1. The lowest BCUT2D eigenvalue weighted by Gasteiger charge is -2.35. The average Bonchev–Trinajstić information content (AvgIpc) is 2.78. The maximum Gasteiger partial charge on any atom is 0.279 e. The quantitative estimate of drug-likeness (QED) is 0.576. The summed E-state index contributed by atoms with van der Waals surface area (Å²) in [5.41, 5.74) is 4.74. The Morgan fingerprint density at radius 1 is 0.800 bits per heavy atom. The first-order valence-electron chi connectivity index (χ1n) is 10.8. The van der Waals surface area contributed by atoms with Gasteiger partial charge >= 0.3 is 0 Å². The smallest absolute Gasteiger partial charge is 0.279 e. The van der Waals surface area contributed by atoms with E-state index in [-0.39, 0.29) is 5.91 Å². The van der Waals surface area contributed by atoms with Gasteiger partial charge in [-0.3, -0.25) is 4.79 Å². The third-order valence-corrected chi connectivity index (χ3v) is 6.10. The number of hydrogen-bond acceptors (Lipinski definition) is 1. The Balaban J connectivity index is 1.39. The average molecular weight is 402 g/mol. The van der Waals surface area contributed by atoms with Crippen LogP contribution < -0.4 is 15.1 Å². The second-order valence-electron chi connectivity index (χ2n) is 8.20. The minimum absolute atomic E-state index is 0.102. The summed E-state index contributed by atoms with van der Waals surface area (Å²) in [6.45, 7) is 6.68. The Bertz CT molecular complexity index is 911. The van der Waals surface area contributed by atoms with Gasteiger partial charge in [0.05, 0.1) is 0 Å². The molecule has 30 heavy (non-hydrogen) atoms. The van der Waals surface area contributed by atoms with Crippen molar-refractivity contribution in [3.63, 3.8) is 0 Å². The highest BCUT2D eigenvalue weighted by atomic mass is 16.2. The highest BCUT2D eigenvalue weighted by Gasteiger charge is 2.32. The van der Waals surface area contributed by atoms with Crippen LogP contribution in [0.15, 0.2) is 84.9 Å². The molecule has 3 aromatic rings. The highest BCUT2D eigenvalue weighted by molar-refractivity contribution is 5.92. The monoisotopic (exact) mass is 401 g/mol. The Morgan fingerprint density at radius 3 is 1.90 bits per heavy atom. The van der Waals surface area contributed by atoms with Crippen LogP contribution in [0, 0.1) is 6.92 Å². The molecular formula is C26H31N3O+2. The second-order valence-corrected chi connectivity index (χ2v) is 8.20. The standard InChI is InChI=1S/C26H29N3O/c1-21-10-8-9-15-24(21)27-25(30)20-28-16-18-29(19-17-28)26(22-11-4-2-5-12-22)23-13-6-3-7-14-23/h2-15,26H,16-20H2,1H3,(H,27,30)/p+2. The van der Waals surface area contributed by atoms with Gasteiger partial charge in [-0.1, -0.05) is 78.9 Å². The largest absolute Gasteiger partial charge is 0.321 e. The van der Waals surface area contributed by atoms with Crippen molar-refractivity contribution in [2.24, 2.45) is 0 Å². The van der Waals surface area contributed by atoms with Gasteiger partial charge in [0.15, 0.2) is 6.54 Å². The van der Waals surface area contributed by atoms with Crippen LogP contribution in [0.5, 0.6) is 0 Å². The first kappa shape index (κ1) is 20.3. The lowest BCUT2D eigenvalue weighted by molar-refractivity contribution is -1.02. The predicted molar refractivity (Wildman–Crippen MR) is 121 cm³/mol. The van der Waals surface area contributed by atoms with Crippen molar-refractivity contribution >= 4 is 11.6 Å². The maximum atomic E-state index is 12.6. The van der Waals surface area contributed by atoms with Gasteiger partial charge in [-0.2, -0.15) is 0 Å². The molecule has 0 unspecified atom stereocenters. The topological polar surface area (TPSA) is 38.0 Å². The fourth-order valence-electron chi connectivity index (χ4n) is 4.48. The number of amides is 1. The summed E-state index contributed by atoms with van der Waals surface area (Å²) in [5.74, 6) is 0.102. The van der Waals surface area contributed by atoms with Gasteiger partial charge in [0.2, 0.25) is 0 Å². The fourth-order valence-corrected chi connectivity index (χ4v) is 4.48. The van der Waals surface area contributed by atoms with Crippen LogP contribution in [0.4, 0.5) is 5.69 Å². The predicted octanol–water partition coefficient (Wildman–Crippen LogP) is 1.51. The highest BCUT2D eigenvalue weighted by Crippen LogP contribution is 2.18. The molecule has 1 saturated heterocycles. The molecule has 0 bridgehead atoms. The molecular weight excluding hydrogens is 370 g/mol. The summed E-state index contributed by atoms with van der Waals surface area (Å²) < 4.78 is 0. The van der Waals surface area contributed by atoms with Crippen LogP contribution in [0.3, 0.4) is 0 Å². The number of anilines is 1. The van der Waals surface area contributed by atoms with Crippen LogP contribution in [-0.4, -0.2) is 38.6 Å². The van der Waals surface area contributed by atoms with E-state index in [4.69, 9.17) is 0 Å². The van der Waals surface area contributed by atoms with Gasteiger partial charge in [-0.25, -0.2) is 0 Å². The summed E-state index contributed by atoms with van der Waals surface area (Å²) in [5, 5.41) is 3.08. The van der Waals surface area contributed by atoms with E-state index < -0.39 is 0 Å². The number of benzene rings is 3. The van der Waals surface area contributed by atoms with Gasteiger partial charge in [0, 0.05) is 16.8 Å². The summed E-state index contributed by atoms with van der Waals surface area (Å²) in [6.07, 6.45) is 0. The van der Waals surface area contributed by atoms with Crippen LogP contribution in [0.1, 0.15) is 22.7 Å². The van der Waals surface area contributed by atoms with Crippen LogP contribution in [0.25, 0.3) is 0 Å². The van der Waals surface area contributed by atoms with Crippen LogP contribution in [0.2, 0.25) is 0 Å². The molecule has 3 N–H and O–H groups in total. The molecule has 4 heteroatoms. The molecule has 4 nitrogen and oxygen atoms in total. The zero-order chi connectivity index (χ0) is 20.8. The molecule has 0 spiro atoms. The van der Waals surface area contributed by atoms with Gasteiger partial charge in [0.1, 0.15) is 32.2 Å². The van der Waals surface area contributed by atoms with Crippen molar-refractivity contribution in [1.82, 2.24) is 0 Å². The molecule has 154 valence electrons. The minimum Gasteiger partial charge on any atom is -0.321 e. The molecule has 1 fully saturated rings. The van der Waals surface area contributed by atoms with Crippen molar-refractivity contribution in [3.05, 3.63) is 102 Å². The summed E-state index contributed by atoms with van der Waals surface area (Å²) >= 11 is 0. The van der Waals surface area contributed by atoms with Gasteiger partial charge in [0.25, 0.3) is 5.91 Å². The molecule has 4 rings (SSSR count). The van der Waals surface area contributed by atoms with E-state index in [1.165, 1.54) is 16.0 Å². The second kappa shape index (κ2) is 9.70. The number of piperazine rings is 1. The molecule has 0 radical (unpaired) electrons. The zero-order valence-electron chi connectivity index (χ0n) is 17.6. The number of nitrogens with one attached hydrogen (secondary N) is 3. The van der Waals surface area contributed by atoms with E-state index in [2.05, 4.69) is 66.0 Å². The van der Waals surface area contributed by atoms with E-state index in [9.17, 15) is 4.79 Å². The molecule has 1 aliphatic rings. The SMILES string of the molecule is Cc1ccccc1NC(=O)C[NH+]1CC[NH+](C(c2ccccc2)c2ccccc2)CC1. The Hall–Kier alpha value is -2.95. The molecule has 0 atom stereocenters. The van der Waals surface area contributed by atoms with E-state index >= 15 is 0 Å². The molecule has 1 aliphatic heterocycles. The number of para-hydroxylation sites is 1. The van der Waals surface area contributed by atoms with Crippen molar-refractivity contribution in [2.75, 3.05) is 38.0 Å². The molecule has 0 aliphatic carbocycles. The van der Waals surface area contributed by atoms with Gasteiger partial charge in [-0.05, 0) is 18.6 Å². The van der Waals surface area contributed by atoms with Gasteiger partial charge < -0.3 is 15.1 Å². The number of hydrogen-bond donors (Lipinski definition) is 3. The lowest BCUT2D eigenvalue weighted by atomic mass is 9.96. The first-order chi connectivity index (χ1) is 14.7. The molecule has 1 heterocycles. The Labute approximate surface area is 179 Å². The Kier molecular flexibility index (Phi) is 6.57. The normalized spacial score (nSPS) is 18.9. The van der Waals surface area contributed by atoms with E-state index in [0.717, 1.165) is 37.4 Å². The minimum atomic E-state index is 0.102. The summed E-state index contributed by atoms with van der Waals surface area (Å²) in [6, 6.07) is 29.9. The van der Waals surface area contributed by atoms with Crippen LogP contribution >= 0.6 is 0 Å².